The number of hydrogen-bond acceptors (Lipinski definition) is 4. The van der Waals surface area contributed by atoms with Crippen LogP contribution in [0, 0.1) is 6.92 Å². The molecule has 1 aliphatic heterocycles. The Kier molecular flexibility index (Phi) is 7.70. The zero-order valence-corrected chi connectivity index (χ0v) is 20.4. The van der Waals surface area contributed by atoms with E-state index in [1.807, 2.05) is 50.1 Å². The predicted molar refractivity (Wildman–Crippen MR) is 129 cm³/mol. The summed E-state index contributed by atoms with van der Waals surface area (Å²) in [5, 5.41) is 0. The largest absolute Gasteiger partial charge is 0.339 e. The van der Waals surface area contributed by atoms with E-state index in [1.54, 1.807) is 12.1 Å². The van der Waals surface area contributed by atoms with Crippen molar-refractivity contribution in [2.45, 2.75) is 62.2 Å². The van der Waals surface area contributed by atoms with Crippen molar-refractivity contribution in [3.63, 3.8) is 0 Å². The molecule has 7 heteroatoms. The molecule has 0 spiro atoms. The molecule has 0 saturated carbocycles. The zero-order valence-electron chi connectivity index (χ0n) is 18.8. The lowest BCUT2D eigenvalue weighted by Gasteiger charge is -2.22. The Labute approximate surface area is 190 Å². The Hall–Kier alpha value is -1.99. The van der Waals surface area contributed by atoms with Crippen LogP contribution in [0.5, 0.6) is 0 Å². The van der Waals surface area contributed by atoms with E-state index in [0.29, 0.717) is 11.3 Å². The van der Waals surface area contributed by atoms with E-state index in [-0.39, 0.29) is 16.7 Å². The first-order chi connectivity index (χ1) is 14.7. The third kappa shape index (κ3) is 5.44. The van der Waals surface area contributed by atoms with Crippen LogP contribution in [0.2, 0.25) is 0 Å². The Balaban J connectivity index is 1.98. The lowest BCUT2D eigenvalue weighted by atomic mass is 9.99. The Morgan fingerprint density at radius 2 is 1.74 bits per heavy atom. The van der Waals surface area contributed by atoms with Crippen molar-refractivity contribution in [3.8, 4) is 0 Å². The summed E-state index contributed by atoms with van der Waals surface area (Å²) in [6, 6.07) is 10.6. The monoisotopic (exact) mass is 460 g/mol. The van der Waals surface area contributed by atoms with Crippen LogP contribution in [0.25, 0.3) is 0 Å². The summed E-state index contributed by atoms with van der Waals surface area (Å²) in [5.74, 6) is 0.0960. The van der Waals surface area contributed by atoms with Gasteiger partial charge in [0, 0.05) is 18.0 Å². The van der Waals surface area contributed by atoms with Gasteiger partial charge >= 0.3 is 0 Å². The Morgan fingerprint density at radius 3 is 2.35 bits per heavy atom. The maximum Gasteiger partial charge on any atom is 0.261 e. The molecule has 168 valence electrons. The van der Waals surface area contributed by atoms with E-state index >= 15 is 0 Å². The molecule has 2 aromatic rings. The quantitative estimate of drug-likeness (QED) is 0.565. The number of carbonyl (C=O) groups is 1. The fourth-order valence-corrected chi connectivity index (χ4v) is 5.73. The summed E-state index contributed by atoms with van der Waals surface area (Å²) in [7, 11) is -3.84. The summed E-state index contributed by atoms with van der Waals surface area (Å²) in [6.45, 7) is 7.43. The number of rotatable bonds is 6. The van der Waals surface area contributed by atoms with E-state index in [4.69, 9.17) is 0 Å². The molecule has 1 amide bonds. The van der Waals surface area contributed by atoms with Crippen molar-refractivity contribution in [1.29, 1.82) is 0 Å². The molecule has 2 aromatic carbocycles. The van der Waals surface area contributed by atoms with Gasteiger partial charge in [-0.15, -0.1) is 11.8 Å². The van der Waals surface area contributed by atoms with Crippen LogP contribution in [-0.4, -0.2) is 38.6 Å². The number of benzene rings is 2. The van der Waals surface area contributed by atoms with Gasteiger partial charge in [0.2, 0.25) is 0 Å². The van der Waals surface area contributed by atoms with Crippen LogP contribution in [0.1, 0.15) is 66.9 Å². The standard InChI is InChI=1S/C24H32N2O3S2/c1-17(2)20-11-9-10-18(3)23(20)25-31(28,29)19-12-13-22(30-4)21(16-19)24(27)26-14-7-5-6-8-15-26/h9-13,16-17,25H,5-8,14-15H2,1-4H3. The molecule has 1 fully saturated rings. The summed E-state index contributed by atoms with van der Waals surface area (Å²) < 4.78 is 29.4. The summed E-state index contributed by atoms with van der Waals surface area (Å²) >= 11 is 1.46. The van der Waals surface area contributed by atoms with E-state index in [0.717, 1.165) is 54.8 Å². The molecule has 0 aromatic heterocycles. The number of amides is 1. The third-order valence-electron chi connectivity index (χ3n) is 5.77. The smallest absolute Gasteiger partial charge is 0.261 e. The van der Waals surface area contributed by atoms with Crippen molar-refractivity contribution < 1.29 is 13.2 Å². The number of sulfonamides is 1. The molecule has 1 N–H and O–H groups in total. The molecule has 3 rings (SSSR count). The molecule has 0 radical (unpaired) electrons. The Morgan fingerprint density at radius 1 is 1.06 bits per heavy atom. The van der Waals surface area contributed by atoms with Gasteiger partial charge in [0.15, 0.2) is 0 Å². The molecule has 5 nitrogen and oxygen atoms in total. The van der Waals surface area contributed by atoms with Gasteiger partial charge < -0.3 is 4.90 Å². The summed E-state index contributed by atoms with van der Waals surface area (Å²) in [5.41, 5.74) is 2.90. The van der Waals surface area contributed by atoms with E-state index in [2.05, 4.69) is 4.72 Å². The van der Waals surface area contributed by atoms with E-state index in [9.17, 15) is 13.2 Å². The van der Waals surface area contributed by atoms with Crippen LogP contribution in [0.3, 0.4) is 0 Å². The van der Waals surface area contributed by atoms with Gasteiger partial charge in [0.1, 0.15) is 0 Å². The Bertz CT molecular complexity index is 1040. The molecule has 0 atom stereocenters. The second-order valence-electron chi connectivity index (χ2n) is 8.37. The van der Waals surface area contributed by atoms with Gasteiger partial charge in [-0.25, -0.2) is 8.42 Å². The van der Waals surface area contributed by atoms with E-state index < -0.39 is 10.0 Å². The van der Waals surface area contributed by atoms with Gasteiger partial charge in [-0.3, -0.25) is 9.52 Å². The average Bonchev–Trinajstić information content (AvgIpc) is 3.03. The lowest BCUT2D eigenvalue weighted by molar-refractivity contribution is 0.0758. The second-order valence-corrected chi connectivity index (χ2v) is 10.9. The molecule has 0 unspecified atom stereocenters. The first-order valence-corrected chi connectivity index (χ1v) is 13.5. The minimum absolute atomic E-state index is 0.0814. The highest BCUT2D eigenvalue weighted by Gasteiger charge is 2.24. The van der Waals surface area contributed by atoms with Crippen LogP contribution in [0.15, 0.2) is 46.2 Å². The molecule has 1 saturated heterocycles. The van der Waals surface area contributed by atoms with Crippen LogP contribution in [0.4, 0.5) is 5.69 Å². The average molecular weight is 461 g/mol. The van der Waals surface area contributed by atoms with Gasteiger partial charge in [-0.2, -0.15) is 0 Å². The van der Waals surface area contributed by atoms with Crippen LogP contribution in [-0.2, 0) is 10.0 Å². The minimum Gasteiger partial charge on any atom is -0.339 e. The number of aryl methyl sites for hydroxylation is 1. The van der Waals surface area contributed by atoms with Gasteiger partial charge in [-0.1, -0.05) is 44.9 Å². The highest BCUT2D eigenvalue weighted by molar-refractivity contribution is 7.98. The van der Waals surface area contributed by atoms with Crippen molar-refractivity contribution in [3.05, 3.63) is 53.1 Å². The fraction of sp³-hybridized carbons (Fsp3) is 0.458. The number of para-hydroxylation sites is 1. The highest BCUT2D eigenvalue weighted by atomic mass is 32.2. The van der Waals surface area contributed by atoms with E-state index in [1.165, 1.54) is 17.8 Å². The van der Waals surface area contributed by atoms with Gasteiger partial charge in [0.05, 0.1) is 16.1 Å². The number of hydrogen-bond donors (Lipinski definition) is 1. The molecular weight excluding hydrogens is 428 g/mol. The van der Waals surface area contributed by atoms with Gasteiger partial charge in [-0.05, 0) is 61.3 Å². The van der Waals surface area contributed by atoms with Crippen molar-refractivity contribution in [2.75, 3.05) is 24.1 Å². The molecular formula is C24H32N2O3S2. The number of likely N-dealkylation sites (tertiary alicyclic amines) is 1. The molecule has 0 aliphatic carbocycles. The summed E-state index contributed by atoms with van der Waals surface area (Å²) in [4.78, 5) is 16.0. The maximum absolute atomic E-state index is 13.3. The first kappa shape index (κ1) is 23.7. The van der Waals surface area contributed by atoms with Crippen molar-refractivity contribution in [1.82, 2.24) is 4.90 Å². The molecule has 1 aliphatic rings. The van der Waals surface area contributed by atoms with Crippen molar-refractivity contribution in [2.24, 2.45) is 0 Å². The fourth-order valence-electron chi connectivity index (χ4n) is 3.97. The SMILES string of the molecule is CSc1ccc(S(=O)(=O)Nc2c(C)cccc2C(C)C)cc1C(=O)N1CCCCCC1. The van der Waals surface area contributed by atoms with Gasteiger partial charge in [0.25, 0.3) is 15.9 Å². The topological polar surface area (TPSA) is 66.5 Å². The van der Waals surface area contributed by atoms with Crippen LogP contribution < -0.4 is 4.72 Å². The third-order valence-corrected chi connectivity index (χ3v) is 7.91. The normalized spacial score (nSPS) is 15.1. The second kappa shape index (κ2) is 10.1. The maximum atomic E-state index is 13.3. The van der Waals surface area contributed by atoms with Crippen molar-refractivity contribution >= 4 is 33.4 Å². The zero-order chi connectivity index (χ0) is 22.6. The molecule has 0 bridgehead atoms. The molecule has 1 heterocycles. The predicted octanol–water partition coefficient (Wildman–Crippen LogP) is 5.66. The number of anilines is 1. The molecule has 31 heavy (non-hydrogen) atoms. The number of carbonyl (C=O) groups excluding carboxylic acids is 1. The lowest BCUT2D eigenvalue weighted by Crippen LogP contribution is -2.32. The number of thioether (sulfide) groups is 1. The number of nitrogens with zero attached hydrogens (tertiary/aromatic N) is 1. The van der Waals surface area contributed by atoms with Crippen LogP contribution >= 0.6 is 11.8 Å². The first-order valence-electron chi connectivity index (χ1n) is 10.8. The summed E-state index contributed by atoms with van der Waals surface area (Å²) in [6.07, 6.45) is 6.15. The highest BCUT2D eigenvalue weighted by Crippen LogP contribution is 2.31. The number of nitrogens with one attached hydrogen (secondary N) is 1. The minimum atomic E-state index is -3.84.